The van der Waals surface area contributed by atoms with E-state index in [1.807, 2.05) is 18.7 Å². The highest BCUT2D eigenvalue weighted by molar-refractivity contribution is 6.36. The number of fused-ring (bicyclic) bond motifs is 2. The van der Waals surface area contributed by atoms with Gasteiger partial charge in [0, 0.05) is 31.1 Å². The molecule has 39 heavy (non-hydrogen) atoms. The normalized spacial score (nSPS) is 19.4. The number of halogens is 5. The number of anilines is 2. The molecule has 5 rings (SSSR count). The van der Waals surface area contributed by atoms with Crippen LogP contribution < -0.4 is 15.4 Å². The van der Waals surface area contributed by atoms with Gasteiger partial charge in [-0.2, -0.15) is 13.2 Å². The Morgan fingerprint density at radius 1 is 1.28 bits per heavy atom. The van der Waals surface area contributed by atoms with Gasteiger partial charge in [-0.3, -0.25) is 4.79 Å². The number of carbonyl (C=O) groups excluding carboxylic acids is 1. The molecular formula is C26H27ClF4N6O2. The Bertz CT molecular complexity index is 1450. The minimum atomic E-state index is -4.85. The largest absolute Gasteiger partial charge is 0.491 e. The number of pyridine rings is 1. The summed E-state index contributed by atoms with van der Waals surface area (Å²) >= 11 is 6.65. The highest BCUT2D eigenvalue weighted by Crippen LogP contribution is 2.50. The summed E-state index contributed by atoms with van der Waals surface area (Å²) in [6.07, 6.45) is -0.987. The average Bonchev–Trinajstić information content (AvgIpc) is 2.83. The molecule has 1 saturated heterocycles. The zero-order valence-electron chi connectivity index (χ0n) is 21.5. The maximum atomic E-state index is 16.2. The van der Waals surface area contributed by atoms with Crippen LogP contribution in [-0.4, -0.2) is 57.5 Å². The molecular weight excluding hydrogens is 540 g/mol. The summed E-state index contributed by atoms with van der Waals surface area (Å²) in [7, 11) is 0. The third-order valence-electron chi connectivity index (χ3n) is 7.45. The monoisotopic (exact) mass is 566 g/mol. The van der Waals surface area contributed by atoms with E-state index in [1.54, 1.807) is 4.90 Å². The van der Waals surface area contributed by atoms with Crippen molar-refractivity contribution >= 4 is 40.5 Å². The molecule has 2 aliphatic rings. The molecule has 3 aromatic rings. The van der Waals surface area contributed by atoms with Gasteiger partial charge in [-0.25, -0.2) is 19.3 Å². The van der Waals surface area contributed by atoms with Crippen molar-refractivity contribution in [2.45, 2.75) is 64.3 Å². The van der Waals surface area contributed by atoms with Crippen molar-refractivity contribution in [3.8, 4) is 17.0 Å². The standard InChI is InChI=1S/C26H27ClF4N6O2/c1-12(2)37(11-38)14-4-6-36-15(9-14)5-7-39-24-18-23(33-10-34-25(18)36)21(28)17(20(24)27)22-19(26(29,30)31)13(3)8-16(32)35-22/h8,10-12,14-15H,4-7,9H2,1-3H3,(H2,32,35). The lowest BCUT2D eigenvalue weighted by molar-refractivity contribution is -0.137. The van der Waals surface area contributed by atoms with E-state index in [0.717, 1.165) is 12.5 Å². The van der Waals surface area contributed by atoms with Crippen molar-refractivity contribution in [2.24, 2.45) is 0 Å². The van der Waals surface area contributed by atoms with E-state index in [0.29, 0.717) is 31.6 Å². The fourth-order valence-corrected chi connectivity index (χ4v) is 6.09. The van der Waals surface area contributed by atoms with E-state index in [4.69, 9.17) is 22.1 Å². The predicted octanol–water partition coefficient (Wildman–Crippen LogP) is 5.38. The van der Waals surface area contributed by atoms with Crippen LogP contribution in [0.1, 0.15) is 44.2 Å². The molecule has 1 aromatic carbocycles. The molecule has 2 aromatic heterocycles. The van der Waals surface area contributed by atoms with E-state index in [-0.39, 0.29) is 57.8 Å². The molecule has 0 radical (unpaired) electrons. The molecule has 2 aliphatic heterocycles. The summed E-state index contributed by atoms with van der Waals surface area (Å²) < 4.78 is 64.5. The van der Waals surface area contributed by atoms with Crippen LogP contribution in [0.5, 0.6) is 5.75 Å². The highest BCUT2D eigenvalue weighted by Gasteiger charge is 2.41. The van der Waals surface area contributed by atoms with Crippen LogP contribution in [0.25, 0.3) is 22.2 Å². The van der Waals surface area contributed by atoms with Crippen molar-refractivity contribution in [1.29, 1.82) is 0 Å². The Kier molecular flexibility index (Phi) is 6.94. The minimum absolute atomic E-state index is 0.00839. The second-order valence-corrected chi connectivity index (χ2v) is 10.5. The van der Waals surface area contributed by atoms with Crippen molar-refractivity contribution in [1.82, 2.24) is 19.9 Å². The summed E-state index contributed by atoms with van der Waals surface area (Å²) in [5.74, 6) is -0.922. The smallest absolute Gasteiger partial charge is 0.418 e. The minimum Gasteiger partial charge on any atom is -0.491 e. The van der Waals surface area contributed by atoms with Crippen LogP contribution in [0.4, 0.5) is 29.2 Å². The molecule has 0 aliphatic carbocycles. The molecule has 8 nitrogen and oxygen atoms in total. The zero-order chi connectivity index (χ0) is 28.2. The summed E-state index contributed by atoms with van der Waals surface area (Å²) in [6, 6.07) is 1.05. The molecule has 1 amide bonds. The number of nitrogens with zero attached hydrogens (tertiary/aromatic N) is 5. The first-order valence-electron chi connectivity index (χ1n) is 12.6. The van der Waals surface area contributed by atoms with Crippen molar-refractivity contribution in [3.05, 3.63) is 34.4 Å². The lowest BCUT2D eigenvalue weighted by Crippen LogP contribution is -2.52. The molecule has 208 valence electrons. The third-order valence-corrected chi connectivity index (χ3v) is 7.82. The Labute approximate surface area is 227 Å². The summed E-state index contributed by atoms with van der Waals surface area (Å²) in [5, 5.41) is -0.184. The van der Waals surface area contributed by atoms with Gasteiger partial charge in [0.25, 0.3) is 0 Å². The molecule has 2 atom stereocenters. The number of aromatic nitrogens is 3. The summed E-state index contributed by atoms with van der Waals surface area (Å²) in [4.78, 5) is 27.9. The first-order chi connectivity index (χ1) is 18.4. The van der Waals surface area contributed by atoms with Crippen LogP contribution in [-0.2, 0) is 11.0 Å². The number of ether oxygens (including phenoxy) is 1. The quantitative estimate of drug-likeness (QED) is 0.334. The van der Waals surface area contributed by atoms with E-state index in [9.17, 15) is 18.0 Å². The number of nitrogen functional groups attached to an aromatic ring is 1. The van der Waals surface area contributed by atoms with Crippen molar-refractivity contribution < 1.29 is 27.1 Å². The van der Waals surface area contributed by atoms with Gasteiger partial charge >= 0.3 is 6.18 Å². The number of hydrogen-bond acceptors (Lipinski definition) is 7. The van der Waals surface area contributed by atoms with E-state index in [1.165, 1.54) is 13.3 Å². The SMILES string of the molecule is Cc1cc(N)nc(-c2c(Cl)c3c4c(ncnc4c2F)N2CCC(N(C=O)C(C)C)CC2CCO3)c1C(F)(F)F. The van der Waals surface area contributed by atoms with Crippen LogP contribution in [0.2, 0.25) is 5.02 Å². The van der Waals surface area contributed by atoms with Gasteiger partial charge < -0.3 is 20.3 Å². The van der Waals surface area contributed by atoms with Gasteiger partial charge in [-0.05, 0) is 45.2 Å². The van der Waals surface area contributed by atoms with Gasteiger partial charge in [0.05, 0.1) is 33.8 Å². The third kappa shape index (κ3) is 4.58. The van der Waals surface area contributed by atoms with E-state index in [2.05, 4.69) is 15.0 Å². The number of benzene rings is 1. The topological polar surface area (TPSA) is 97.5 Å². The lowest BCUT2D eigenvalue weighted by atomic mass is 9.92. The van der Waals surface area contributed by atoms with Crippen LogP contribution in [0.3, 0.4) is 0 Å². The number of hydrogen-bond donors (Lipinski definition) is 1. The van der Waals surface area contributed by atoms with Gasteiger partial charge in [0.1, 0.15) is 23.5 Å². The van der Waals surface area contributed by atoms with E-state index >= 15 is 4.39 Å². The number of rotatable bonds is 4. The predicted molar refractivity (Wildman–Crippen MR) is 139 cm³/mol. The molecule has 0 saturated carbocycles. The van der Waals surface area contributed by atoms with Crippen LogP contribution in [0.15, 0.2) is 12.4 Å². The summed E-state index contributed by atoms with van der Waals surface area (Å²) in [5.41, 5.74) is 2.87. The maximum absolute atomic E-state index is 16.2. The molecule has 4 heterocycles. The molecule has 1 fully saturated rings. The number of aryl methyl sites for hydroxylation is 1. The Morgan fingerprint density at radius 3 is 2.69 bits per heavy atom. The highest BCUT2D eigenvalue weighted by atomic mass is 35.5. The Balaban J connectivity index is 1.70. The number of amides is 1. The zero-order valence-corrected chi connectivity index (χ0v) is 22.3. The average molecular weight is 567 g/mol. The first-order valence-corrected chi connectivity index (χ1v) is 12.9. The van der Waals surface area contributed by atoms with Gasteiger partial charge in [0.2, 0.25) is 6.41 Å². The van der Waals surface area contributed by atoms with Gasteiger partial charge in [-0.15, -0.1) is 0 Å². The Morgan fingerprint density at radius 2 is 2.03 bits per heavy atom. The number of alkyl halides is 3. The van der Waals surface area contributed by atoms with Crippen LogP contribution in [0, 0.1) is 12.7 Å². The number of piperidine rings is 1. The second kappa shape index (κ2) is 9.96. The maximum Gasteiger partial charge on any atom is 0.418 e. The molecule has 0 spiro atoms. The van der Waals surface area contributed by atoms with Crippen molar-refractivity contribution in [2.75, 3.05) is 23.8 Å². The molecule has 2 N–H and O–H groups in total. The number of nitrogens with two attached hydrogens (primary N) is 1. The Hall–Kier alpha value is -3.41. The van der Waals surface area contributed by atoms with Gasteiger partial charge in [-0.1, -0.05) is 11.6 Å². The first kappa shape index (κ1) is 27.2. The van der Waals surface area contributed by atoms with Crippen molar-refractivity contribution in [3.63, 3.8) is 0 Å². The van der Waals surface area contributed by atoms with Crippen LogP contribution >= 0.6 is 11.6 Å². The molecule has 2 unspecified atom stereocenters. The number of carbonyl (C=O) groups is 1. The summed E-state index contributed by atoms with van der Waals surface area (Å²) in [6.45, 7) is 5.81. The lowest BCUT2D eigenvalue weighted by Gasteiger charge is -2.45. The fourth-order valence-electron chi connectivity index (χ4n) is 5.77. The molecule has 0 bridgehead atoms. The fraction of sp³-hybridized carbons (Fsp3) is 0.462. The molecule has 13 heteroatoms. The van der Waals surface area contributed by atoms with E-state index < -0.39 is 28.8 Å². The van der Waals surface area contributed by atoms with Gasteiger partial charge in [0.15, 0.2) is 11.6 Å². The second-order valence-electron chi connectivity index (χ2n) is 10.1.